The van der Waals surface area contributed by atoms with E-state index in [2.05, 4.69) is 10.9 Å². The molecular formula is C14H11NO. The zero-order chi connectivity index (χ0) is 11.4. The Morgan fingerprint density at radius 2 is 2.19 bits per heavy atom. The van der Waals surface area contributed by atoms with Crippen LogP contribution in [0, 0.1) is 12.3 Å². The molecule has 0 unspecified atom stereocenters. The number of rotatable bonds is 2. The van der Waals surface area contributed by atoms with Gasteiger partial charge in [-0.3, -0.25) is 4.98 Å². The summed E-state index contributed by atoms with van der Waals surface area (Å²) in [6.45, 7) is 0. The number of nitrogens with zero attached hydrogens (tertiary/aromatic N) is 1. The van der Waals surface area contributed by atoms with Gasteiger partial charge < -0.3 is 4.74 Å². The monoisotopic (exact) mass is 209 g/mol. The van der Waals surface area contributed by atoms with Gasteiger partial charge in [0.25, 0.3) is 0 Å². The van der Waals surface area contributed by atoms with Gasteiger partial charge >= 0.3 is 0 Å². The zero-order valence-electron chi connectivity index (χ0n) is 8.97. The van der Waals surface area contributed by atoms with Crippen molar-refractivity contribution in [1.29, 1.82) is 0 Å². The van der Waals surface area contributed by atoms with Gasteiger partial charge in [-0.2, -0.15) is 0 Å². The molecule has 0 aliphatic carbocycles. The molecule has 0 saturated carbocycles. The summed E-state index contributed by atoms with van der Waals surface area (Å²) >= 11 is 0. The predicted molar refractivity (Wildman–Crippen MR) is 64.2 cm³/mol. The van der Waals surface area contributed by atoms with Crippen molar-refractivity contribution in [3.05, 3.63) is 48.3 Å². The zero-order valence-corrected chi connectivity index (χ0v) is 8.97. The topological polar surface area (TPSA) is 22.1 Å². The number of methoxy groups -OCH3 is 1. The van der Waals surface area contributed by atoms with E-state index in [1.54, 1.807) is 19.5 Å². The fraction of sp³-hybridized carbons (Fsp3) is 0.0714. The molecule has 2 nitrogen and oxygen atoms in total. The molecular weight excluding hydrogens is 198 g/mol. The number of ether oxygens (including phenoxy) is 1. The molecule has 0 bridgehead atoms. The fourth-order valence-corrected chi connectivity index (χ4v) is 1.55. The Bertz CT molecular complexity index is 526. The quantitative estimate of drug-likeness (QED) is 0.709. The minimum absolute atomic E-state index is 0.798. The molecule has 1 aromatic carbocycles. The van der Waals surface area contributed by atoms with Crippen LogP contribution in [0.15, 0.2) is 42.7 Å². The van der Waals surface area contributed by atoms with Crippen LogP contribution < -0.4 is 4.74 Å². The molecule has 0 radical (unpaired) electrons. The highest BCUT2D eigenvalue weighted by Gasteiger charge is 2.05. The maximum atomic E-state index is 5.38. The van der Waals surface area contributed by atoms with E-state index in [0.717, 1.165) is 22.4 Å². The van der Waals surface area contributed by atoms with E-state index in [-0.39, 0.29) is 0 Å². The molecule has 0 aliphatic rings. The highest BCUT2D eigenvalue weighted by molar-refractivity contribution is 5.71. The first-order valence-corrected chi connectivity index (χ1v) is 4.90. The van der Waals surface area contributed by atoms with Crippen molar-refractivity contribution >= 4 is 0 Å². The number of hydrogen-bond donors (Lipinski definition) is 0. The molecule has 2 heteroatoms. The second kappa shape index (κ2) is 4.50. The molecule has 0 amide bonds. The molecule has 0 saturated heterocycles. The third kappa shape index (κ3) is 1.89. The Balaban J connectivity index is 2.59. The summed E-state index contributed by atoms with van der Waals surface area (Å²) in [6, 6.07) is 9.52. The molecule has 0 N–H and O–H groups in total. The van der Waals surface area contributed by atoms with Crippen LogP contribution in [0.25, 0.3) is 11.1 Å². The normalized spacial score (nSPS) is 9.50. The van der Waals surface area contributed by atoms with E-state index >= 15 is 0 Å². The van der Waals surface area contributed by atoms with Crippen molar-refractivity contribution < 1.29 is 4.74 Å². The summed E-state index contributed by atoms with van der Waals surface area (Å²) in [4.78, 5) is 4.08. The van der Waals surface area contributed by atoms with E-state index in [1.807, 2.05) is 30.3 Å². The van der Waals surface area contributed by atoms with Gasteiger partial charge in [-0.25, -0.2) is 0 Å². The van der Waals surface area contributed by atoms with Gasteiger partial charge in [0.1, 0.15) is 5.75 Å². The SMILES string of the molecule is C#Cc1ccc(OC)c(-c2cccnc2)c1. The van der Waals surface area contributed by atoms with Crippen molar-refractivity contribution in [1.82, 2.24) is 4.98 Å². The van der Waals surface area contributed by atoms with Gasteiger partial charge in [0, 0.05) is 29.1 Å². The third-order valence-electron chi connectivity index (χ3n) is 2.34. The van der Waals surface area contributed by atoms with Crippen LogP contribution in [0.1, 0.15) is 5.56 Å². The molecule has 0 fully saturated rings. The van der Waals surface area contributed by atoms with Gasteiger partial charge in [-0.05, 0) is 24.3 Å². The van der Waals surface area contributed by atoms with Crippen molar-refractivity contribution in [2.75, 3.05) is 7.11 Å². The molecule has 2 rings (SSSR count). The summed E-state index contributed by atoms with van der Waals surface area (Å²) in [7, 11) is 1.64. The van der Waals surface area contributed by atoms with Gasteiger partial charge in [0.15, 0.2) is 0 Å². The number of terminal acetylenes is 1. The van der Waals surface area contributed by atoms with Crippen LogP contribution in [0.5, 0.6) is 5.75 Å². The summed E-state index contributed by atoms with van der Waals surface area (Å²) in [5.41, 5.74) is 2.79. The third-order valence-corrected chi connectivity index (χ3v) is 2.34. The highest BCUT2D eigenvalue weighted by Crippen LogP contribution is 2.29. The van der Waals surface area contributed by atoms with Crippen LogP contribution in [0.3, 0.4) is 0 Å². The molecule has 1 heterocycles. The van der Waals surface area contributed by atoms with Gasteiger partial charge in [-0.15, -0.1) is 6.42 Å². The van der Waals surface area contributed by atoms with Gasteiger partial charge in [0.2, 0.25) is 0 Å². The van der Waals surface area contributed by atoms with Crippen LogP contribution in [0.4, 0.5) is 0 Å². The van der Waals surface area contributed by atoms with E-state index < -0.39 is 0 Å². The molecule has 2 aromatic rings. The lowest BCUT2D eigenvalue weighted by Crippen LogP contribution is -1.89. The Morgan fingerprint density at radius 1 is 1.31 bits per heavy atom. The Morgan fingerprint density at radius 3 is 2.81 bits per heavy atom. The van der Waals surface area contributed by atoms with Crippen molar-refractivity contribution in [2.24, 2.45) is 0 Å². The van der Waals surface area contributed by atoms with E-state index in [9.17, 15) is 0 Å². The minimum Gasteiger partial charge on any atom is -0.496 e. The lowest BCUT2D eigenvalue weighted by Gasteiger charge is -2.08. The van der Waals surface area contributed by atoms with Crippen LogP contribution in [-0.2, 0) is 0 Å². The minimum atomic E-state index is 0.798. The maximum absolute atomic E-state index is 5.38. The second-order valence-electron chi connectivity index (χ2n) is 3.30. The summed E-state index contributed by atoms with van der Waals surface area (Å²) in [5.74, 6) is 3.41. The lowest BCUT2D eigenvalue weighted by molar-refractivity contribution is 0.416. The number of aromatic nitrogens is 1. The summed E-state index contributed by atoms with van der Waals surface area (Å²) < 4.78 is 5.30. The predicted octanol–water partition coefficient (Wildman–Crippen LogP) is 2.74. The summed E-state index contributed by atoms with van der Waals surface area (Å²) in [5, 5.41) is 0. The van der Waals surface area contributed by atoms with Crippen LogP contribution in [0.2, 0.25) is 0 Å². The van der Waals surface area contributed by atoms with E-state index in [0.29, 0.717) is 0 Å². The van der Waals surface area contributed by atoms with Crippen LogP contribution >= 0.6 is 0 Å². The average Bonchev–Trinajstić information content (AvgIpc) is 2.39. The van der Waals surface area contributed by atoms with Crippen LogP contribution in [-0.4, -0.2) is 12.1 Å². The smallest absolute Gasteiger partial charge is 0.126 e. The maximum Gasteiger partial charge on any atom is 0.126 e. The molecule has 78 valence electrons. The average molecular weight is 209 g/mol. The number of hydrogen-bond acceptors (Lipinski definition) is 2. The Kier molecular flexibility index (Phi) is 2.88. The van der Waals surface area contributed by atoms with Gasteiger partial charge in [0.05, 0.1) is 7.11 Å². The summed E-state index contributed by atoms with van der Waals surface area (Å²) in [6.07, 6.45) is 8.91. The largest absolute Gasteiger partial charge is 0.496 e. The Hall–Kier alpha value is -2.27. The van der Waals surface area contributed by atoms with Crippen molar-refractivity contribution in [3.8, 4) is 29.2 Å². The fourth-order valence-electron chi connectivity index (χ4n) is 1.55. The molecule has 16 heavy (non-hydrogen) atoms. The molecule has 1 aromatic heterocycles. The van der Waals surface area contributed by atoms with Gasteiger partial charge in [-0.1, -0.05) is 12.0 Å². The number of pyridine rings is 1. The highest BCUT2D eigenvalue weighted by atomic mass is 16.5. The molecule has 0 spiro atoms. The van der Waals surface area contributed by atoms with Crippen molar-refractivity contribution in [2.45, 2.75) is 0 Å². The first-order valence-electron chi connectivity index (χ1n) is 4.90. The first-order chi connectivity index (χ1) is 7.85. The van der Waals surface area contributed by atoms with E-state index in [1.165, 1.54) is 0 Å². The second-order valence-corrected chi connectivity index (χ2v) is 3.30. The van der Waals surface area contributed by atoms with Crippen molar-refractivity contribution in [3.63, 3.8) is 0 Å². The molecule has 0 aliphatic heterocycles. The molecule has 0 atom stereocenters. The Labute approximate surface area is 94.9 Å². The standard InChI is InChI=1S/C14H11NO/c1-3-11-6-7-14(16-2)13(9-11)12-5-4-8-15-10-12/h1,4-10H,2H3. The number of benzene rings is 1. The first kappa shape index (κ1) is 10.3. The van der Waals surface area contributed by atoms with E-state index in [4.69, 9.17) is 11.2 Å². The lowest BCUT2D eigenvalue weighted by atomic mass is 10.0.